The van der Waals surface area contributed by atoms with Gasteiger partial charge < -0.3 is 0 Å². The molecule has 1 aromatic heterocycles. The molecule has 1 atom stereocenters. The van der Waals surface area contributed by atoms with E-state index < -0.39 is 6.04 Å². The van der Waals surface area contributed by atoms with Crippen LogP contribution in [-0.2, 0) is 0 Å². The minimum Gasteiger partial charge on any atom is -0.287 e. The summed E-state index contributed by atoms with van der Waals surface area (Å²) in [7, 11) is 0. The third-order valence-electron chi connectivity index (χ3n) is 3.02. The van der Waals surface area contributed by atoms with Gasteiger partial charge in [-0.05, 0) is 29.2 Å². The minimum atomic E-state index is -0.551. The van der Waals surface area contributed by atoms with E-state index in [0.29, 0.717) is 4.88 Å². The van der Waals surface area contributed by atoms with Crippen molar-refractivity contribution in [3.05, 3.63) is 58.3 Å². The van der Waals surface area contributed by atoms with Crippen molar-refractivity contribution in [1.29, 1.82) is 5.26 Å². The second-order valence-corrected chi connectivity index (χ2v) is 5.09. The van der Waals surface area contributed by atoms with Crippen molar-refractivity contribution in [2.24, 2.45) is 0 Å². The third kappa shape index (κ3) is 1.94. The van der Waals surface area contributed by atoms with Crippen LogP contribution in [0.15, 0.2) is 47.9 Å². The molecule has 4 heteroatoms. The number of nitrogens with zero attached hydrogens (tertiary/aromatic N) is 2. The lowest BCUT2D eigenvalue weighted by atomic mass is 10.0. The van der Waals surface area contributed by atoms with Crippen LogP contribution in [0.3, 0.4) is 0 Å². The molecule has 1 amide bonds. The molecule has 1 aromatic carbocycles. The second kappa shape index (κ2) is 4.71. The number of rotatable bonds is 1. The highest BCUT2D eigenvalue weighted by Gasteiger charge is 2.28. The van der Waals surface area contributed by atoms with Crippen LogP contribution in [0, 0.1) is 11.3 Å². The first-order chi connectivity index (χ1) is 9.31. The van der Waals surface area contributed by atoms with Gasteiger partial charge in [0.05, 0.1) is 16.6 Å². The van der Waals surface area contributed by atoms with Crippen LogP contribution in [0.25, 0.3) is 6.08 Å². The second-order valence-electron chi connectivity index (χ2n) is 4.14. The number of hydrogen-bond donors (Lipinski definition) is 0. The van der Waals surface area contributed by atoms with Crippen LogP contribution < -0.4 is 4.90 Å². The molecule has 3 nitrogen and oxygen atoms in total. The van der Waals surface area contributed by atoms with E-state index in [1.807, 2.05) is 41.8 Å². The zero-order valence-electron chi connectivity index (χ0n) is 9.98. The maximum Gasteiger partial charge on any atom is 0.269 e. The predicted molar refractivity (Wildman–Crippen MR) is 76.0 cm³/mol. The van der Waals surface area contributed by atoms with E-state index in [1.165, 1.54) is 11.3 Å². The first kappa shape index (κ1) is 11.7. The SMILES string of the molecule is N#CC1C=Cc2ccccc2N1C(=O)c1cccs1. The maximum absolute atomic E-state index is 12.5. The third-order valence-corrected chi connectivity index (χ3v) is 3.87. The fourth-order valence-electron chi connectivity index (χ4n) is 2.13. The summed E-state index contributed by atoms with van der Waals surface area (Å²) in [4.78, 5) is 14.7. The number of thiophene rings is 1. The van der Waals surface area contributed by atoms with Crippen molar-refractivity contribution in [1.82, 2.24) is 0 Å². The normalized spacial score (nSPS) is 16.8. The van der Waals surface area contributed by atoms with E-state index in [1.54, 1.807) is 17.0 Å². The van der Waals surface area contributed by atoms with E-state index in [0.717, 1.165) is 11.3 Å². The van der Waals surface area contributed by atoms with Gasteiger partial charge in [-0.1, -0.05) is 30.3 Å². The molecule has 1 aliphatic heterocycles. The molecule has 0 radical (unpaired) electrons. The average molecular weight is 266 g/mol. The van der Waals surface area contributed by atoms with Crippen molar-refractivity contribution in [3.63, 3.8) is 0 Å². The van der Waals surface area contributed by atoms with Gasteiger partial charge in [0.25, 0.3) is 5.91 Å². The van der Waals surface area contributed by atoms with Crippen molar-refractivity contribution in [2.45, 2.75) is 6.04 Å². The Hall–Kier alpha value is -2.38. The van der Waals surface area contributed by atoms with Gasteiger partial charge in [0.1, 0.15) is 6.04 Å². The van der Waals surface area contributed by atoms with Crippen LogP contribution in [0.4, 0.5) is 5.69 Å². The molecule has 2 aromatic rings. The number of nitriles is 1. The van der Waals surface area contributed by atoms with Crippen LogP contribution in [0.5, 0.6) is 0 Å². The molecule has 1 aliphatic rings. The average Bonchev–Trinajstić information content (AvgIpc) is 2.99. The Morgan fingerprint density at radius 3 is 2.84 bits per heavy atom. The van der Waals surface area contributed by atoms with E-state index in [9.17, 15) is 10.1 Å². The first-order valence-corrected chi connectivity index (χ1v) is 6.73. The Bertz CT molecular complexity index is 682. The van der Waals surface area contributed by atoms with E-state index in [-0.39, 0.29) is 5.91 Å². The summed E-state index contributed by atoms with van der Waals surface area (Å²) in [6.07, 6.45) is 3.65. The molecule has 0 saturated carbocycles. The molecule has 3 rings (SSSR count). The molecule has 2 heterocycles. The Labute approximate surface area is 115 Å². The highest BCUT2D eigenvalue weighted by molar-refractivity contribution is 7.12. The smallest absolute Gasteiger partial charge is 0.269 e. The van der Waals surface area contributed by atoms with Gasteiger partial charge >= 0.3 is 0 Å². The Morgan fingerprint density at radius 2 is 2.11 bits per heavy atom. The summed E-state index contributed by atoms with van der Waals surface area (Å²) in [5.41, 5.74) is 1.74. The number of para-hydroxylation sites is 1. The summed E-state index contributed by atoms with van der Waals surface area (Å²) in [5.74, 6) is -0.127. The predicted octanol–water partition coefficient (Wildman–Crippen LogP) is 3.31. The van der Waals surface area contributed by atoms with Gasteiger partial charge in [0.2, 0.25) is 0 Å². The molecular weight excluding hydrogens is 256 g/mol. The van der Waals surface area contributed by atoms with Crippen LogP contribution in [0.1, 0.15) is 15.2 Å². The zero-order chi connectivity index (χ0) is 13.2. The van der Waals surface area contributed by atoms with E-state index in [4.69, 9.17) is 0 Å². The molecule has 0 saturated heterocycles. The fourth-order valence-corrected chi connectivity index (χ4v) is 2.79. The van der Waals surface area contributed by atoms with Gasteiger partial charge in [0, 0.05) is 0 Å². The molecule has 92 valence electrons. The summed E-state index contributed by atoms with van der Waals surface area (Å²) < 4.78 is 0. The van der Waals surface area contributed by atoms with Crippen molar-refractivity contribution in [3.8, 4) is 6.07 Å². The van der Waals surface area contributed by atoms with Crippen molar-refractivity contribution >= 4 is 29.0 Å². The van der Waals surface area contributed by atoms with Gasteiger partial charge in [-0.2, -0.15) is 5.26 Å². The monoisotopic (exact) mass is 266 g/mol. The molecule has 0 fully saturated rings. The number of fused-ring (bicyclic) bond motifs is 1. The lowest BCUT2D eigenvalue weighted by Crippen LogP contribution is -2.40. The van der Waals surface area contributed by atoms with Crippen molar-refractivity contribution < 1.29 is 4.79 Å². The van der Waals surface area contributed by atoms with E-state index in [2.05, 4.69) is 6.07 Å². The fraction of sp³-hybridized carbons (Fsp3) is 0.0667. The van der Waals surface area contributed by atoms with Crippen LogP contribution in [-0.4, -0.2) is 11.9 Å². The Balaban J connectivity index is 2.10. The number of hydrogen-bond acceptors (Lipinski definition) is 3. The first-order valence-electron chi connectivity index (χ1n) is 5.85. The quantitative estimate of drug-likeness (QED) is 0.794. The lowest BCUT2D eigenvalue weighted by Gasteiger charge is -2.29. The molecular formula is C15H10N2OS. The summed E-state index contributed by atoms with van der Waals surface area (Å²) in [5, 5.41) is 11.1. The highest BCUT2D eigenvalue weighted by Crippen LogP contribution is 2.30. The van der Waals surface area contributed by atoms with Crippen molar-refractivity contribution in [2.75, 3.05) is 4.90 Å². The van der Waals surface area contributed by atoms with E-state index >= 15 is 0 Å². The van der Waals surface area contributed by atoms with Gasteiger partial charge in [0.15, 0.2) is 0 Å². The minimum absolute atomic E-state index is 0.127. The summed E-state index contributed by atoms with van der Waals surface area (Å²) in [6, 6.07) is 12.8. The van der Waals surface area contributed by atoms with Crippen LogP contribution in [0.2, 0.25) is 0 Å². The number of anilines is 1. The number of carbonyl (C=O) groups excluding carboxylic acids is 1. The standard InChI is InChI=1S/C15H10N2OS/c16-10-12-8-7-11-4-1-2-5-13(11)17(12)15(18)14-6-3-9-19-14/h1-9,12H. The number of benzene rings is 1. The van der Waals surface area contributed by atoms with Crippen LogP contribution >= 0.6 is 11.3 Å². The topological polar surface area (TPSA) is 44.1 Å². The number of amides is 1. The Kier molecular flexibility index (Phi) is 2.90. The van der Waals surface area contributed by atoms with Gasteiger partial charge in [-0.25, -0.2) is 0 Å². The maximum atomic E-state index is 12.5. The highest BCUT2D eigenvalue weighted by atomic mass is 32.1. The molecule has 0 spiro atoms. The Morgan fingerprint density at radius 1 is 1.26 bits per heavy atom. The van der Waals surface area contributed by atoms with Gasteiger partial charge in [-0.15, -0.1) is 11.3 Å². The lowest BCUT2D eigenvalue weighted by molar-refractivity contribution is 0.0989. The zero-order valence-corrected chi connectivity index (χ0v) is 10.8. The molecule has 0 aliphatic carbocycles. The summed E-state index contributed by atoms with van der Waals surface area (Å²) in [6.45, 7) is 0. The summed E-state index contributed by atoms with van der Waals surface area (Å²) >= 11 is 1.39. The molecule has 0 bridgehead atoms. The number of carbonyl (C=O) groups is 1. The van der Waals surface area contributed by atoms with Gasteiger partial charge in [-0.3, -0.25) is 9.69 Å². The molecule has 1 unspecified atom stereocenters. The molecule has 19 heavy (non-hydrogen) atoms. The molecule has 0 N–H and O–H groups in total. The largest absolute Gasteiger partial charge is 0.287 e.